The Morgan fingerprint density at radius 1 is 1.43 bits per heavy atom. The van der Waals surface area contributed by atoms with Crippen molar-refractivity contribution in [3.63, 3.8) is 0 Å². The van der Waals surface area contributed by atoms with E-state index in [1.54, 1.807) is 12.1 Å². The number of benzene rings is 1. The molecule has 2 atom stereocenters. The molecule has 1 aromatic rings. The quantitative estimate of drug-likeness (QED) is 0.792. The van der Waals surface area contributed by atoms with Crippen LogP contribution in [0.1, 0.15) is 25.3 Å². The van der Waals surface area contributed by atoms with Crippen LogP contribution in [0.3, 0.4) is 0 Å². The van der Waals surface area contributed by atoms with Crippen LogP contribution in [0.15, 0.2) is 22.7 Å². The molecular weight excluding hydrogens is 397 g/mol. The zero-order valence-corrected chi connectivity index (χ0v) is 15.2. The van der Waals surface area contributed by atoms with Gasteiger partial charge in [0.1, 0.15) is 5.75 Å². The number of hydrogen-bond acceptors (Lipinski definition) is 3. The van der Waals surface area contributed by atoms with E-state index in [2.05, 4.69) is 25.6 Å². The summed E-state index contributed by atoms with van der Waals surface area (Å²) >= 11 is 3.14. The van der Waals surface area contributed by atoms with Crippen molar-refractivity contribution in [1.29, 1.82) is 0 Å². The predicted octanol–water partition coefficient (Wildman–Crippen LogP) is 4.33. The third-order valence-corrected chi connectivity index (χ3v) is 4.53. The van der Waals surface area contributed by atoms with Crippen molar-refractivity contribution in [2.45, 2.75) is 38.7 Å². The Labute approximate surface area is 148 Å². The lowest BCUT2D eigenvalue weighted by atomic mass is 9.92. The Morgan fingerprint density at radius 3 is 2.70 bits per heavy atom. The van der Waals surface area contributed by atoms with Crippen molar-refractivity contribution in [3.05, 3.63) is 28.2 Å². The molecule has 0 aromatic heterocycles. The van der Waals surface area contributed by atoms with Gasteiger partial charge in [0.25, 0.3) is 0 Å². The lowest BCUT2D eigenvalue weighted by Gasteiger charge is -2.34. The number of halogens is 5. The Balaban J connectivity index is 0.00000264. The molecule has 1 saturated heterocycles. The Morgan fingerprint density at radius 2 is 2.13 bits per heavy atom. The van der Waals surface area contributed by atoms with E-state index in [0.717, 1.165) is 31.5 Å². The number of ether oxygens (including phenoxy) is 1. The second kappa shape index (κ2) is 8.55. The molecule has 23 heavy (non-hydrogen) atoms. The molecule has 3 nitrogen and oxygen atoms in total. The fourth-order valence-corrected chi connectivity index (χ4v) is 3.28. The molecule has 8 heteroatoms. The van der Waals surface area contributed by atoms with E-state index in [9.17, 15) is 13.2 Å². The molecule has 0 radical (unpaired) electrons. The molecule has 1 aliphatic heterocycles. The number of nitrogens with zero attached hydrogens (tertiary/aromatic N) is 1. The number of alkyl halides is 3. The molecule has 2 N–H and O–H groups in total. The summed E-state index contributed by atoms with van der Waals surface area (Å²) in [6.07, 6.45) is -2.44. The highest BCUT2D eigenvalue weighted by atomic mass is 79.9. The topological polar surface area (TPSA) is 38.5 Å². The lowest BCUT2D eigenvalue weighted by molar-refractivity contribution is -0.274. The van der Waals surface area contributed by atoms with Crippen LogP contribution in [0.25, 0.3) is 0 Å². The summed E-state index contributed by atoms with van der Waals surface area (Å²) in [7, 11) is 0. The van der Waals surface area contributed by atoms with Crippen LogP contribution >= 0.6 is 28.3 Å². The minimum absolute atomic E-state index is 0. The molecule has 1 heterocycles. The minimum Gasteiger partial charge on any atom is -0.405 e. The van der Waals surface area contributed by atoms with Gasteiger partial charge < -0.3 is 10.5 Å². The van der Waals surface area contributed by atoms with Crippen LogP contribution < -0.4 is 10.5 Å². The van der Waals surface area contributed by atoms with Crippen LogP contribution in [0.4, 0.5) is 13.2 Å². The highest BCUT2D eigenvalue weighted by Crippen LogP contribution is 2.31. The van der Waals surface area contributed by atoms with Gasteiger partial charge in [-0.1, -0.05) is 6.07 Å². The largest absolute Gasteiger partial charge is 0.573 e. The zero-order valence-electron chi connectivity index (χ0n) is 12.8. The van der Waals surface area contributed by atoms with Crippen LogP contribution in [-0.4, -0.2) is 30.4 Å². The SMILES string of the molecule is CC(N)C1CCCN(Cc2ccc(OC(F)(F)F)c(Br)c2)C1.Cl. The summed E-state index contributed by atoms with van der Waals surface area (Å²) in [5, 5.41) is 0. The minimum atomic E-state index is -4.68. The Hall–Kier alpha value is -0.500. The molecule has 2 rings (SSSR count). The second-order valence-corrected chi connectivity index (χ2v) is 6.66. The number of hydrogen-bond donors (Lipinski definition) is 1. The molecule has 0 bridgehead atoms. The van der Waals surface area contributed by atoms with Crippen molar-refractivity contribution in [3.8, 4) is 5.75 Å². The van der Waals surface area contributed by atoms with Crippen LogP contribution in [0, 0.1) is 5.92 Å². The van der Waals surface area contributed by atoms with Crippen molar-refractivity contribution in [2.75, 3.05) is 13.1 Å². The van der Waals surface area contributed by atoms with E-state index in [4.69, 9.17) is 5.73 Å². The summed E-state index contributed by atoms with van der Waals surface area (Å²) in [5.74, 6) is 0.258. The standard InChI is InChI=1S/C15H20BrF3N2O.ClH/c1-10(20)12-3-2-6-21(9-12)8-11-4-5-14(13(16)7-11)22-15(17,18)19;/h4-5,7,10,12H,2-3,6,8-9,20H2,1H3;1H. The predicted molar refractivity (Wildman–Crippen MR) is 89.7 cm³/mol. The molecule has 0 amide bonds. The summed E-state index contributed by atoms with van der Waals surface area (Å²) in [6.45, 7) is 4.64. The monoisotopic (exact) mass is 416 g/mol. The summed E-state index contributed by atoms with van der Waals surface area (Å²) in [5.41, 5.74) is 6.92. The van der Waals surface area contributed by atoms with E-state index in [1.165, 1.54) is 6.07 Å². The average Bonchev–Trinajstić information content (AvgIpc) is 2.41. The van der Waals surface area contributed by atoms with Gasteiger partial charge in [-0.05, 0) is 65.9 Å². The first-order chi connectivity index (χ1) is 10.2. The first-order valence-corrected chi connectivity index (χ1v) is 8.06. The van der Waals surface area contributed by atoms with Crippen LogP contribution in [0.5, 0.6) is 5.75 Å². The average molecular weight is 418 g/mol. The molecule has 0 saturated carbocycles. The van der Waals surface area contributed by atoms with E-state index in [0.29, 0.717) is 16.9 Å². The van der Waals surface area contributed by atoms with Gasteiger partial charge in [0.2, 0.25) is 0 Å². The van der Waals surface area contributed by atoms with Gasteiger partial charge in [0.05, 0.1) is 4.47 Å². The first-order valence-electron chi connectivity index (χ1n) is 7.26. The molecular formula is C15H21BrClF3N2O. The van der Waals surface area contributed by atoms with Gasteiger partial charge in [-0.3, -0.25) is 4.90 Å². The fourth-order valence-electron chi connectivity index (χ4n) is 2.77. The molecule has 1 aliphatic rings. The molecule has 0 aliphatic carbocycles. The maximum Gasteiger partial charge on any atom is 0.573 e. The van der Waals surface area contributed by atoms with Crippen molar-refractivity contribution in [1.82, 2.24) is 4.90 Å². The first kappa shape index (κ1) is 20.5. The Kier molecular flexibility index (Phi) is 7.64. The maximum atomic E-state index is 12.3. The Bertz CT molecular complexity index is 514. The lowest BCUT2D eigenvalue weighted by Crippen LogP contribution is -2.41. The maximum absolute atomic E-state index is 12.3. The summed E-state index contributed by atoms with van der Waals surface area (Å²) in [6, 6.07) is 4.86. The molecule has 0 spiro atoms. The van der Waals surface area contributed by atoms with Crippen LogP contribution in [0.2, 0.25) is 0 Å². The molecule has 132 valence electrons. The van der Waals surface area contributed by atoms with Gasteiger partial charge in [0.15, 0.2) is 0 Å². The fraction of sp³-hybridized carbons (Fsp3) is 0.600. The van der Waals surface area contributed by atoms with Crippen LogP contribution in [-0.2, 0) is 6.54 Å². The highest BCUT2D eigenvalue weighted by molar-refractivity contribution is 9.10. The van der Waals surface area contributed by atoms with Crippen molar-refractivity contribution in [2.24, 2.45) is 11.7 Å². The smallest absolute Gasteiger partial charge is 0.405 e. The van der Waals surface area contributed by atoms with E-state index in [-0.39, 0.29) is 24.2 Å². The van der Waals surface area contributed by atoms with Gasteiger partial charge in [-0.15, -0.1) is 25.6 Å². The van der Waals surface area contributed by atoms with E-state index >= 15 is 0 Å². The third-order valence-electron chi connectivity index (χ3n) is 3.91. The summed E-state index contributed by atoms with van der Waals surface area (Å²) in [4.78, 5) is 2.30. The normalized spacial score (nSPS) is 20.7. The number of nitrogens with two attached hydrogens (primary N) is 1. The number of rotatable bonds is 4. The van der Waals surface area contributed by atoms with E-state index in [1.807, 2.05) is 6.92 Å². The van der Waals surface area contributed by atoms with Gasteiger partial charge in [0, 0.05) is 19.1 Å². The number of piperidine rings is 1. The second-order valence-electron chi connectivity index (χ2n) is 5.81. The highest BCUT2D eigenvalue weighted by Gasteiger charge is 2.32. The van der Waals surface area contributed by atoms with Gasteiger partial charge >= 0.3 is 6.36 Å². The third kappa shape index (κ3) is 6.49. The number of likely N-dealkylation sites (tertiary alicyclic amines) is 1. The summed E-state index contributed by atoms with van der Waals surface area (Å²) < 4.78 is 41.0. The van der Waals surface area contributed by atoms with Gasteiger partial charge in [-0.2, -0.15) is 0 Å². The van der Waals surface area contributed by atoms with Gasteiger partial charge in [-0.25, -0.2) is 0 Å². The van der Waals surface area contributed by atoms with E-state index < -0.39 is 6.36 Å². The van der Waals surface area contributed by atoms with Crippen molar-refractivity contribution >= 4 is 28.3 Å². The van der Waals surface area contributed by atoms with Crippen molar-refractivity contribution < 1.29 is 17.9 Å². The molecule has 1 fully saturated rings. The zero-order chi connectivity index (χ0) is 16.3. The molecule has 1 aromatic carbocycles. The molecule has 2 unspecified atom stereocenters.